The lowest BCUT2D eigenvalue weighted by Crippen LogP contribution is -2.35. The zero-order valence-electron chi connectivity index (χ0n) is 12.8. The van der Waals surface area contributed by atoms with Gasteiger partial charge in [-0.15, -0.1) is 0 Å². The highest BCUT2D eigenvalue weighted by Crippen LogP contribution is 2.23. The van der Waals surface area contributed by atoms with Gasteiger partial charge in [-0.1, -0.05) is 6.07 Å². The van der Waals surface area contributed by atoms with Gasteiger partial charge in [0.15, 0.2) is 0 Å². The minimum Gasteiger partial charge on any atom is -0.417 e. The van der Waals surface area contributed by atoms with Gasteiger partial charge in [0.05, 0.1) is 5.69 Å². The predicted octanol–water partition coefficient (Wildman–Crippen LogP) is 3.97. The van der Waals surface area contributed by atoms with Crippen molar-refractivity contribution < 1.29 is 9.15 Å². The van der Waals surface area contributed by atoms with E-state index in [0.717, 1.165) is 22.6 Å². The summed E-state index contributed by atoms with van der Waals surface area (Å²) in [6.07, 6.45) is 1.90. The molecule has 0 aliphatic heterocycles. The highest BCUT2D eigenvalue weighted by atomic mass is 16.6. The lowest BCUT2D eigenvalue weighted by molar-refractivity contribution is 0.330. The molecule has 1 N–H and O–H groups in total. The number of hydrogen-bond donors (Lipinski definition) is 1. The van der Waals surface area contributed by atoms with Crippen molar-refractivity contribution in [3.05, 3.63) is 41.3 Å². The average molecular weight is 274 g/mol. The van der Waals surface area contributed by atoms with Crippen LogP contribution < -0.4 is 10.1 Å². The number of ether oxygens (including phenoxy) is 1. The highest BCUT2D eigenvalue weighted by Gasteiger charge is 2.12. The van der Waals surface area contributed by atoms with Crippen LogP contribution in [0.2, 0.25) is 0 Å². The van der Waals surface area contributed by atoms with Gasteiger partial charge in [0, 0.05) is 12.1 Å². The van der Waals surface area contributed by atoms with Gasteiger partial charge in [0.2, 0.25) is 0 Å². The Morgan fingerprint density at radius 1 is 1.15 bits per heavy atom. The Labute approximate surface area is 120 Å². The van der Waals surface area contributed by atoms with E-state index in [2.05, 4.69) is 37.1 Å². The number of hydrogen-bond acceptors (Lipinski definition) is 4. The maximum absolute atomic E-state index is 5.65. The Balaban J connectivity index is 2.02. The highest BCUT2D eigenvalue weighted by molar-refractivity contribution is 5.34. The summed E-state index contributed by atoms with van der Waals surface area (Å²) >= 11 is 0. The molecule has 0 aliphatic carbocycles. The van der Waals surface area contributed by atoms with Gasteiger partial charge in [0.25, 0.3) is 0 Å². The molecule has 2 aromatic rings. The van der Waals surface area contributed by atoms with Gasteiger partial charge in [-0.2, -0.15) is 4.98 Å². The van der Waals surface area contributed by atoms with E-state index in [1.807, 2.05) is 26.0 Å². The lowest BCUT2D eigenvalue weighted by atomic mass is 10.1. The van der Waals surface area contributed by atoms with Crippen LogP contribution >= 0.6 is 0 Å². The van der Waals surface area contributed by atoms with E-state index >= 15 is 0 Å². The summed E-state index contributed by atoms with van der Waals surface area (Å²) in [7, 11) is 0. The summed E-state index contributed by atoms with van der Waals surface area (Å²) in [5.41, 5.74) is 3.19. The second kappa shape index (κ2) is 5.67. The molecule has 1 heterocycles. The molecule has 0 amide bonds. The summed E-state index contributed by atoms with van der Waals surface area (Å²) in [5, 5.41) is 3.36. The molecule has 4 nitrogen and oxygen atoms in total. The molecule has 0 bridgehead atoms. The third-order valence-corrected chi connectivity index (χ3v) is 2.73. The van der Waals surface area contributed by atoms with Crippen molar-refractivity contribution in [2.75, 3.05) is 0 Å². The van der Waals surface area contributed by atoms with Gasteiger partial charge < -0.3 is 14.5 Å². The molecule has 0 saturated heterocycles. The van der Waals surface area contributed by atoms with E-state index in [4.69, 9.17) is 9.15 Å². The third-order valence-electron chi connectivity index (χ3n) is 2.73. The van der Waals surface area contributed by atoms with Gasteiger partial charge >= 0.3 is 6.08 Å². The third kappa shape index (κ3) is 4.38. The minimum absolute atomic E-state index is 0.0492. The van der Waals surface area contributed by atoms with Gasteiger partial charge in [-0.25, -0.2) is 0 Å². The van der Waals surface area contributed by atoms with Crippen molar-refractivity contribution in [2.45, 2.75) is 46.7 Å². The number of benzene rings is 1. The number of nitrogens with zero attached hydrogens (tertiary/aromatic N) is 1. The first kappa shape index (κ1) is 14.6. The summed E-state index contributed by atoms with van der Waals surface area (Å²) < 4.78 is 11.0. The maximum Gasteiger partial charge on any atom is 0.399 e. The van der Waals surface area contributed by atoms with E-state index in [-0.39, 0.29) is 11.6 Å². The van der Waals surface area contributed by atoms with Crippen LogP contribution in [0.4, 0.5) is 0 Å². The van der Waals surface area contributed by atoms with Gasteiger partial charge in [0.1, 0.15) is 12.0 Å². The van der Waals surface area contributed by atoms with Crippen LogP contribution in [0, 0.1) is 13.8 Å². The molecule has 0 spiro atoms. The Hall–Kier alpha value is -1.81. The van der Waals surface area contributed by atoms with Crippen LogP contribution in [-0.2, 0) is 6.54 Å². The lowest BCUT2D eigenvalue weighted by Gasteiger charge is -2.19. The van der Waals surface area contributed by atoms with Crippen LogP contribution in [0.3, 0.4) is 0 Å². The number of nitrogens with one attached hydrogen (secondary N) is 1. The largest absolute Gasteiger partial charge is 0.417 e. The average Bonchev–Trinajstić information content (AvgIpc) is 2.72. The normalized spacial score (nSPS) is 11.7. The van der Waals surface area contributed by atoms with Crippen molar-refractivity contribution in [3.63, 3.8) is 0 Å². The predicted molar refractivity (Wildman–Crippen MR) is 79.1 cm³/mol. The molecular weight excluding hydrogens is 252 g/mol. The molecule has 1 aromatic carbocycles. The van der Waals surface area contributed by atoms with Gasteiger partial charge in [-0.3, -0.25) is 0 Å². The van der Waals surface area contributed by atoms with E-state index < -0.39 is 0 Å². The Morgan fingerprint density at radius 2 is 1.80 bits per heavy atom. The van der Waals surface area contributed by atoms with E-state index in [0.29, 0.717) is 6.54 Å². The first-order chi connectivity index (χ1) is 9.32. The Kier molecular flexibility index (Phi) is 4.14. The first-order valence-corrected chi connectivity index (χ1v) is 6.77. The molecule has 20 heavy (non-hydrogen) atoms. The molecule has 0 unspecified atom stereocenters. The summed E-state index contributed by atoms with van der Waals surface area (Å²) in [5.74, 6) is 0.750. The second-order valence-corrected chi connectivity index (χ2v) is 6.13. The topological polar surface area (TPSA) is 47.3 Å². The van der Waals surface area contributed by atoms with Crippen molar-refractivity contribution in [1.29, 1.82) is 0 Å². The molecule has 1 aromatic heterocycles. The fourth-order valence-electron chi connectivity index (χ4n) is 1.86. The second-order valence-electron chi connectivity index (χ2n) is 6.13. The van der Waals surface area contributed by atoms with Crippen LogP contribution in [0.25, 0.3) is 0 Å². The summed E-state index contributed by atoms with van der Waals surface area (Å²) in [4.78, 5) is 4.32. The Morgan fingerprint density at radius 3 is 2.40 bits per heavy atom. The number of aromatic nitrogens is 1. The van der Waals surface area contributed by atoms with Crippen LogP contribution in [0.15, 0.2) is 28.9 Å². The Bertz CT molecular complexity index is 562. The smallest absolute Gasteiger partial charge is 0.399 e. The maximum atomic E-state index is 5.65. The van der Waals surface area contributed by atoms with Crippen molar-refractivity contribution in [3.8, 4) is 11.8 Å². The van der Waals surface area contributed by atoms with Gasteiger partial charge in [-0.05, 0) is 57.9 Å². The molecule has 0 aliphatic rings. The zero-order chi connectivity index (χ0) is 14.8. The fourth-order valence-corrected chi connectivity index (χ4v) is 1.86. The van der Waals surface area contributed by atoms with E-state index in [9.17, 15) is 0 Å². The molecule has 108 valence electrons. The van der Waals surface area contributed by atoms with E-state index in [1.54, 1.807) is 6.26 Å². The van der Waals surface area contributed by atoms with E-state index in [1.165, 1.54) is 0 Å². The number of rotatable bonds is 4. The standard InChI is InChI=1S/C16H22N2O2/c1-11-6-12(2)8-14(7-11)20-15-18-13(10-19-15)9-17-16(3,4)5/h6-8,10,17H,9H2,1-5H3. The molecule has 4 heteroatoms. The van der Waals surface area contributed by atoms with Crippen LogP contribution in [0.1, 0.15) is 37.6 Å². The number of aryl methyl sites for hydroxylation is 2. The van der Waals surface area contributed by atoms with Crippen molar-refractivity contribution in [2.24, 2.45) is 0 Å². The molecular formula is C16H22N2O2. The monoisotopic (exact) mass is 274 g/mol. The quantitative estimate of drug-likeness (QED) is 0.916. The van der Waals surface area contributed by atoms with Crippen molar-refractivity contribution >= 4 is 0 Å². The molecule has 0 radical (unpaired) electrons. The van der Waals surface area contributed by atoms with Crippen LogP contribution in [-0.4, -0.2) is 10.5 Å². The molecule has 0 saturated carbocycles. The fraction of sp³-hybridized carbons (Fsp3) is 0.438. The molecule has 2 rings (SSSR count). The summed E-state index contributed by atoms with van der Waals surface area (Å²) in [6, 6.07) is 6.02. The SMILES string of the molecule is Cc1cc(C)cc(Oc2nc(CNC(C)(C)C)co2)c1. The minimum atomic E-state index is 0.0492. The zero-order valence-corrected chi connectivity index (χ0v) is 12.8. The summed E-state index contributed by atoms with van der Waals surface area (Å²) in [6.45, 7) is 11.1. The van der Waals surface area contributed by atoms with Crippen molar-refractivity contribution in [1.82, 2.24) is 10.3 Å². The first-order valence-electron chi connectivity index (χ1n) is 6.77. The number of oxazole rings is 1. The molecule has 0 fully saturated rings. The van der Waals surface area contributed by atoms with Crippen LogP contribution in [0.5, 0.6) is 11.8 Å². The molecule has 0 atom stereocenters.